The Labute approximate surface area is 247 Å². The normalized spacial score (nSPS) is 12.1. The summed E-state index contributed by atoms with van der Waals surface area (Å²) in [6.45, 7) is 12.8. The highest BCUT2D eigenvalue weighted by Crippen LogP contribution is 2.42. The molecule has 6 aromatic rings. The number of nitrogens with zero attached hydrogens (tertiary/aromatic N) is 4. The van der Waals surface area contributed by atoms with Gasteiger partial charge in [-0.3, -0.25) is 9.55 Å². The minimum Gasteiger partial charge on any atom is -0.505 e. The van der Waals surface area contributed by atoms with Gasteiger partial charge in [0, 0.05) is 39.7 Å². The summed E-state index contributed by atoms with van der Waals surface area (Å²) in [6, 6.07) is 32.8. The summed E-state index contributed by atoms with van der Waals surface area (Å²) >= 11 is 0. The fraction of sp³-hybridized carbons (Fsp3) is 0.216. The molecule has 0 spiro atoms. The van der Waals surface area contributed by atoms with Crippen molar-refractivity contribution in [2.45, 2.75) is 52.4 Å². The fourth-order valence-electron chi connectivity index (χ4n) is 5.36. The molecule has 5 heteroatoms. The van der Waals surface area contributed by atoms with E-state index in [1.54, 1.807) is 0 Å². The SMILES string of the molecule is CC(C)(C)c1cc(C(C)(C)C)c(O)c(-c2nc3c(-c4cccc(-c5ccccn5)c4)cccc3n2-c2ccccc2)n1. The van der Waals surface area contributed by atoms with E-state index < -0.39 is 0 Å². The third kappa shape index (κ3) is 4.96. The van der Waals surface area contributed by atoms with Crippen LogP contribution in [0.1, 0.15) is 52.8 Å². The Hall–Kier alpha value is -4.77. The first kappa shape index (κ1) is 27.4. The second-order valence-electron chi connectivity index (χ2n) is 12.8. The van der Waals surface area contributed by atoms with Crippen LogP contribution >= 0.6 is 0 Å². The first-order valence-corrected chi connectivity index (χ1v) is 14.4. The maximum atomic E-state index is 11.8. The molecule has 42 heavy (non-hydrogen) atoms. The van der Waals surface area contributed by atoms with Crippen molar-refractivity contribution in [1.82, 2.24) is 19.5 Å². The van der Waals surface area contributed by atoms with E-state index in [0.29, 0.717) is 11.5 Å². The van der Waals surface area contributed by atoms with Gasteiger partial charge in [0.1, 0.15) is 11.4 Å². The molecule has 3 aromatic heterocycles. The molecule has 0 radical (unpaired) electrons. The van der Waals surface area contributed by atoms with Crippen molar-refractivity contribution in [2.75, 3.05) is 0 Å². The van der Waals surface area contributed by atoms with Crippen LogP contribution in [0.15, 0.2) is 103 Å². The van der Waals surface area contributed by atoms with E-state index in [-0.39, 0.29) is 16.6 Å². The maximum absolute atomic E-state index is 11.8. The van der Waals surface area contributed by atoms with Crippen LogP contribution in [0.3, 0.4) is 0 Å². The Kier molecular flexibility index (Phi) is 6.69. The smallest absolute Gasteiger partial charge is 0.168 e. The van der Waals surface area contributed by atoms with Gasteiger partial charge in [-0.15, -0.1) is 0 Å². The monoisotopic (exact) mass is 552 g/mol. The Morgan fingerprint density at radius 3 is 2.07 bits per heavy atom. The van der Waals surface area contributed by atoms with E-state index in [4.69, 9.17) is 9.97 Å². The lowest BCUT2D eigenvalue weighted by Crippen LogP contribution is -2.19. The molecule has 0 aliphatic heterocycles. The van der Waals surface area contributed by atoms with Gasteiger partial charge < -0.3 is 5.11 Å². The van der Waals surface area contributed by atoms with Crippen molar-refractivity contribution in [3.05, 3.63) is 115 Å². The lowest BCUT2D eigenvalue weighted by molar-refractivity contribution is 0.441. The van der Waals surface area contributed by atoms with Crippen molar-refractivity contribution in [1.29, 1.82) is 0 Å². The minimum atomic E-state index is -0.289. The number of aromatic nitrogens is 4. The molecule has 0 saturated carbocycles. The van der Waals surface area contributed by atoms with Crippen LogP contribution < -0.4 is 0 Å². The summed E-state index contributed by atoms with van der Waals surface area (Å²) in [5.41, 5.74) is 8.49. The van der Waals surface area contributed by atoms with Crippen molar-refractivity contribution < 1.29 is 5.11 Å². The van der Waals surface area contributed by atoms with Gasteiger partial charge in [-0.2, -0.15) is 0 Å². The maximum Gasteiger partial charge on any atom is 0.168 e. The molecule has 0 bridgehead atoms. The van der Waals surface area contributed by atoms with Gasteiger partial charge >= 0.3 is 0 Å². The summed E-state index contributed by atoms with van der Waals surface area (Å²) in [7, 11) is 0. The number of hydrogen-bond donors (Lipinski definition) is 1. The first-order valence-electron chi connectivity index (χ1n) is 14.4. The van der Waals surface area contributed by atoms with Crippen LogP contribution in [-0.4, -0.2) is 24.6 Å². The minimum absolute atomic E-state index is 0.168. The summed E-state index contributed by atoms with van der Waals surface area (Å²) in [4.78, 5) is 14.9. The van der Waals surface area contributed by atoms with Gasteiger partial charge in [-0.05, 0) is 53.4 Å². The molecule has 210 valence electrons. The highest BCUT2D eigenvalue weighted by atomic mass is 16.3. The molecule has 0 unspecified atom stereocenters. The fourth-order valence-corrected chi connectivity index (χ4v) is 5.36. The number of para-hydroxylation sites is 2. The average Bonchev–Trinajstić information content (AvgIpc) is 3.36. The van der Waals surface area contributed by atoms with E-state index in [9.17, 15) is 5.11 Å². The quantitative estimate of drug-likeness (QED) is 0.237. The van der Waals surface area contributed by atoms with Gasteiger partial charge in [-0.1, -0.05) is 96.1 Å². The summed E-state index contributed by atoms with van der Waals surface area (Å²) < 4.78 is 2.11. The predicted octanol–water partition coefficient (Wildman–Crippen LogP) is 9.12. The number of imidazole rings is 1. The van der Waals surface area contributed by atoms with Crippen LogP contribution in [-0.2, 0) is 10.8 Å². The second-order valence-corrected chi connectivity index (χ2v) is 12.8. The number of hydrogen-bond acceptors (Lipinski definition) is 4. The molecule has 0 atom stereocenters. The molecule has 0 aliphatic rings. The topological polar surface area (TPSA) is 63.8 Å². The predicted molar refractivity (Wildman–Crippen MR) is 172 cm³/mol. The molecule has 0 amide bonds. The van der Waals surface area contributed by atoms with Crippen molar-refractivity contribution in [3.63, 3.8) is 0 Å². The zero-order valence-corrected chi connectivity index (χ0v) is 25.1. The molecule has 3 aromatic carbocycles. The van der Waals surface area contributed by atoms with Gasteiger partial charge in [-0.25, -0.2) is 9.97 Å². The first-order chi connectivity index (χ1) is 20.0. The van der Waals surface area contributed by atoms with Gasteiger partial charge in [0.15, 0.2) is 5.82 Å². The van der Waals surface area contributed by atoms with Gasteiger partial charge in [0.2, 0.25) is 0 Å². The number of aromatic hydroxyl groups is 1. The van der Waals surface area contributed by atoms with Crippen molar-refractivity contribution in [2.24, 2.45) is 0 Å². The molecule has 6 rings (SSSR count). The highest BCUT2D eigenvalue weighted by molar-refractivity contribution is 5.96. The Morgan fingerprint density at radius 1 is 0.667 bits per heavy atom. The van der Waals surface area contributed by atoms with E-state index in [1.807, 2.05) is 48.7 Å². The van der Waals surface area contributed by atoms with Crippen LogP contribution in [0, 0.1) is 0 Å². The van der Waals surface area contributed by atoms with Crippen LogP contribution in [0.4, 0.5) is 0 Å². The number of rotatable bonds is 4. The van der Waals surface area contributed by atoms with Gasteiger partial charge in [0.05, 0.1) is 16.7 Å². The molecule has 3 heterocycles. The Morgan fingerprint density at radius 2 is 1.38 bits per heavy atom. The number of benzene rings is 3. The van der Waals surface area contributed by atoms with Crippen LogP contribution in [0.5, 0.6) is 5.75 Å². The van der Waals surface area contributed by atoms with Crippen molar-refractivity contribution in [3.8, 4) is 45.3 Å². The number of pyridine rings is 2. The molecule has 0 fully saturated rings. The summed E-state index contributed by atoms with van der Waals surface area (Å²) in [5.74, 6) is 0.778. The third-order valence-corrected chi connectivity index (χ3v) is 7.61. The molecule has 0 saturated heterocycles. The second kappa shape index (κ2) is 10.3. The van der Waals surface area contributed by atoms with Gasteiger partial charge in [0.25, 0.3) is 0 Å². The van der Waals surface area contributed by atoms with E-state index in [2.05, 4.69) is 106 Å². The van der Waals surface area contributed by atoms with E-state index in [0.717, 1.165) is 50.4 Å². The molecule has 5 nitrogen and oxygen atoms in total. The zero-order chi connectivity index (χ0) is 29.6. The summed E-state index contributed by atoms with van der Waals surface area (Å²) in [5, 5.41) is 11.8. The standard InChI is InChI=1S/C37H36N4O/c1-36(2,3)28-23-31(37(4,5)6)39-33(34(28)42)35-40-32-27(18-13-20-30(32)41(35)26-16-8-7-9-17-26)24-14-12-15-25(22-24)29-19-10-11-21-38-29/h7-23,42H,1-6H3. The lowest BCUT2D eigenvalue weighted by Gasteiger charge is -2.26. The Bertz CT molecular complexity index is 1890. The average molecular weight is 553 g/mol. The summed E-state index contributed by atoms with van der Waals surface area (Å²) in [6.07, 6.45) is 1.81. The lowest BCUT2D eigenvalue weighted by atomic mass is 9.82. The van der Waals surface area contributed by atoms with Crippen LogP contribution in [0.25, 0.3) is 50.6 Å². The van der Waals surface area contributed by atoms with E-state index >= 15 is 0 Å². The molecular weight excluding hydrogens is 516 g/mol. The molecular formula is C37H36N4O. The largest absolute Gasteiger partial charge is 0.505 e. The molecule has 0 aliphatic carbocycles. The van der Waals surface area contributed by atoms with E-state index in [1.165, 1.54) is 0 Å². The Balaban J connectivity index is 1.66. The zero-order valence-electron chi connectivity index (χ0n) is 25.1. The highest BCUT2D eigenvalue weighted by Gasteiger charge is 2.29. The molecule has 1 N–H and O–H groups in total. The third-order valence-electron chi connectivity index (χ3n) is 7.61. The van der Waals surface area contributed by atoms with Crippen LogP contribution in [0.2, 0.25) is 0 Å². The number of fused-ring (bicyclic) bond motifs is 1. The van der Waals surface area contributed by atoms with Crippen molar-refractivity contribution >= 4 is 11.0 Å².